The molecule has 0 aliphatic heterocycles. The fourth-order valence-electron chi connectivity index (χ4n) is 2.99. The maximum atomic E-state index is 11.2. The lowest BCUT2D eigenvalue weighted by Gasteiger charge is -2.23. The van der Waals surface area contributed by atoms with Gasteiger partial charge >= 0.3 is 0 Å². The predicted molar refractivity (Wildman–Crippen MR) is 96.8 cm³/mol. The number of hydrogen-bond acceptors (Lipinski definition) is 4. The van der Waals surface area contributed by atoms with Gasteiger partial charge in [0.25, 0.3) is 5.69 Å². The molecule has 0 radical (unpaired) electrons. The zero-order valence-corrected chi connectivity index (χ0v) is 15.4. The van der Waals surface area contributed by atoms with Gasteiger partial charge in [-0.3, -0.25) is 15.1 Å². The van der Waals surface area contributed by atoms with Crippen LogP contribution in [0.4, 0.5) is 5.69 Å². The first-order valence-electron chi connectivity index (χ1n) is 8.23. The summed E-state index contributed by atoms with van der Waals surface area (Å²) in [6.45, 7) is 8.45. The van der Waals surface area contributed by atoms with E-state index in [9.17, 15) is 15.2 Å². The van der Waals surface area contributed by atoms with E-state index in [1.54, 1.807) is 6.21 Å². The number of non-ortho nitro benzene ring substituents is 1. The van der Waals surface area contributed by atoms with E-state index in [2.05, 4.69) is 31.6 Å². The highest BCUT2D eigenvalue weighted by Crippen LogP contribution is 2.27. The molecule has 0 atom stereocenters. The van der Waals surface area contributed by atoms with Crippen molar-refractivity contribution in [1.29, 1.82) is 0 Å². The van der Waals surface area contributed by atoms with E-state index in [1.165, 1.54) is 25.0 Å². The molecule has 1 N–H and O–H groups in total. The molecule has 126 valence electrons. The summed E-state index contributed by atoms with van der Waals surface area (Å²) in [4.78, 5) is 15.4. The van der Waals surface area contributed by atoms with Crippen molar-refractivity contribution >= 4 is 25.2 Å². The van der Waals surface area contributed by atoms with E-state index in [4.69, 9.17) is 0 Å². The third kappa shape index (κ3) is 4.40. The van der Waals surface area contributed by atoms with Crippen LogP contribution in [0.2, 0.25) is 19.6 Å². The van der Waals surface area contributed by atoms with Crippen LogP contribution in [0.25, 0.3) is 0 Å². The summed E-state index contributed by atoms with van der Waals surface area (Å²) in [6, 6.07) is 3.20. The molecule has 1 aliphatic rings. The molecule has 1 saturated carbocycles. The molecular formula is C17H26N2O3Si. The lowest BCUT2D eigenvalue weighted by atomic mass is 9.88. The van der Waals surface area contributed by atoms with Crippen LogP contribution in [-0.2, 0) is 0 Å². The molecule has 6 heteroatoms. The molecule has 0 heterocycles. The van der Waals surface area contributed by atoms with Crippen molar-refractivity contribution in [1.82, 2.24) is 0 Å². The van der Waals surface area contributed by atoms with E-state index in [1.807, 2.05) is 0 Å². The number of phenols is 1. The number of rotatable bonds is 4. The Balaban J connectivity index is 2.33. The number of nitro groups is 1. The number of aliphatic imine (C=N–C) groups is 1. The minimum absolute atomic E-state index is 0.0268. The molecule has 5 nitrogen and oxygen atoms in total. The molecule has 1 aliphatic carbocycles. The summed E-state index contributed by atoms with van der Waals surface area (Å²) in [5, 5.41) is 22.4. The number of aromatic hydroxyl groups is 1. The molecule has 0 spiro atoms. The SMILES string of the molecule is CC1CCC(N=Cc2cc([N+](=O)[O-])cc([Si](C)(C)C)c2O)CC1. The normalized spacial score (nSPS) is 22.4. The topological polar surface area (TPSA) is 75.7 Å². The van der Waals surface area contributed by atoms with Crippen LogP contribution in [-0.4, -0.2) is 30.4 Å². The Morgan fingerprint density at radius 2 is 1.87 bits per heavy atom. The Morgan fingerprint density at radius 3 is 2.39 bits per heavy atom. The number of hydrogen-bond donors (Lipinski definition) is 1. The van der Waals surface area contributed by atoms with E-state index in [-0.39, 0.29) is 17.5 Å². The van der Waals surface area contributed by atoms with Gasteiger partial charge in [-0.25, -0.2) is 0 Å². The van der Waals surface area contributed by atoms with E-state index < -0.39 is 13.0 Å². The van der Waals surface area contributed by atoms with Crippen molar-refractivity contribution in [2.24, 2.45) is 10.9 Å². The van der Waals surface area contributed by atoms with E-state index >= 15 is 0 Å². The quantitative estimate of drug-likeness (QED) is 0.393. The second-order valence-electron chi connectivity index (χ2n) is 7.63. The van der Waals surface area contributed by atoms with Crippen LogP contribution < -0.4 is 5.19 Å². The smallest absolute Gasteiger partial charge is 0.270 e. The molecule has 2 rings (SSSR count). The van der Waals surface area contributed by atoms with Crippen molar-refractivity contribution in [3.8, 4) is 5.75 Å². The lowest BCUT2D eigenvalue weighted by Crippen LogP contribution is -2.38. The Bertz CT molecular complexity index is 615. The molecule has 0 saturated heterocycles. The van der Waals surface area contributed by atoms with Gasteiger partial charge < -0.3 is 5.11 Å². The fourth-order valence-corrected chi connectivity index (χ4v) is 4.43. The average molecular weight is 334 g/mol. The Morgan fingerprint density at radius 1 is 1.26 bits per heavy atom. The van der Waals surface area contributed by atoms with Crippen molar-refractivity contribution < 1.29 is 10.0 Å². The summed E-state index contributed by atoms with van der Waals surface area (Å²) in [5.41, 5.74) is 0.495. The molecule has 1 fully saturated rings. The van der Waals surface area contributed by atoms with Crippen molar-refractivity contribution in [3.05, 3.63) is 27.8 Å². The summed E-state index contributed by atoms with van der Waals surface area (Å²) in [6.07, 6.45) is 6.07. The van der Waals surface area contributed by atoms with E-state index in [0.29, 0.717) is 10.8 Å². The van der Waals surface area contributed by atoms with Gasteiger partial charge in [0.2, 0.25) is 0 Å². The third-order valence-electron chi connectivity index (χ3n) is 4.55. The van der Waals surface area contributed by atoms with Crippen LogP contribution in [0, 0.1) is 16.0 Å². The lowest BCUT2D eigenvalue weighted by molar-refractivity contribution is -0.384. The number of phenolic OH excluding ortho intramolecular Hbond substituents is 1. The standard InChI is InChI=1S/C17H26N2O3Si/c1-12-5-7-14(8-6-12)18-11-13-9-15(19(21)22)10-16(17(13)20)23(2,3)4/h9-12,14,20H,5-8H2,1-4H3. The molecule has 23 heavy (non-hydrogen) atoms. The monoisotopic (exact) mass is 334 g/mol. The van der Waals surface area contributed by atoms with Gasteiger partial charge in [-0.05, 0) is 36.8 Å². The van der Waals surface area contributed by atoms with Crippen molar-refractivity contribution in [2.75, 3.05) is 0 Å². The summed E-state index contributed by atoms with van der Waals surface area (Å²) in [5.74, 6) is 0.911. The second-order valence-corrected chi connectivity index (χ2v) is 12.7. The largest absolute Gasteiger partial charge is 0.507 e. The van der Waals surface area contributed by atoms with Gasteiger partial charge in [0, 0.05) is 30.0 Å². The minimum Gasteiger partial charge on any atom is -0.507 e. The zero-order valence-electron chi connectivity index (χ0n) is 14.4. The summed E-state index contributed by atoms with van der Waals surface area (Å²) in [7, 11) is -1.88. The first-order chi connectivity index (χ1) is 10.7. The van der Waals surface area contributed by atoms with Gasteiger partial charge in [0.15, 0.2) is 0 Å². The minimum atomic E-state index is -1.88. The van der Waals surface area contributed by atoms with Crippen LogP contribution >= 0.6 is 0 Å². The van der Waals surface area contributed by atoms with E-state index in [0.717, 1.165) is 18.8 Å². The average Bonchev–Trinajstić information content (AvgIpc) is 2.46. The summed E-state index contributed by atoms with van der Waals surface area (Å²) >= 11 is 0. The molecule has 0 bridgehead atoms. The number of benzene rings is 1. The first kappa shape index (κ1) is 17.7. The van der Waals surface area contributed by atoms with Crippen LogP contribution in [0.5, 0.6) is 5.75 Å². The van der Waals surface area contributed by atoms with Gasteiger partial charge in [-0.1, -0.05) is 26.6 Å². The van der Waals surface area contributed by atoms with Crippen LogP contribution in [0.1, 0.15) is 38.2 Å². The highest BCUT2D eigenvalue weighted by atomic mass is 28.3. The van der Waals surface area contributed by atoms with Gasteiger partial charge in [-0.2, -0.15) is 0 Å². The second kappa shape index (κ2) is 6.82. The number of nitrogens with zero attached hydrogens (tertiary/aromatic N) is 2. The molecule has 1 aromatic carbocycles. The molecule has 1 aromatic rings. The molecule has 0 aromatic heterocycles. The van der Waals surface area contributed by atoms with Crippen LogP contribution in [0.3, 0.4) is 0 Å². The van der Waals surface area contributed by atoms with Crippen LogP contribution in [0.15, 0.2) is 17.1 Å². The highest BCUT2D eigenvalue weighted by Gasteiger charge is 2.26. The first-order valence-corrected chi connectivity index (χ1v) is 11.7. The fraction of sp³-hybridized carbons (Fsp3) is 0.588. The number of nitro benzene ring substituents is 1. The zero-order chi connectivity index (χ0) is 17.2. The Labute approximate surface area is 138 Å². The van der Waals surface area contributed by atoms with Gasteiger partial charge in [-0.15, -0.1) is 0 Å². The third-order valence-corrected chi connectivity index (χ3v) is 6.55. The molecular weight excluding hydrogens is 308 g/mol. The Kier molecular flexibility index (Phi) is 5.24. The molecule has 0 unspecified atom stereocenters. The van der Waals surface area contributed by atoms with Gasteiger partial charge in [0.05, 0.1) is 13.0 Å². The maximum absolute atomic E-state index is 11.2. The Hall–Kier alpha value is -1.69. The molecule has 0 amide bonds. The summed E-state index contributed by atoms with van der Waals surface area (Å²) < 4.78 is 0. The van der Waals surface area contributed by atoms with Gasteiger partial charge in [0.1, 0.15) is 5.75 Å². The maximum Gasteiger partial charge on any atom is 0.270 e. The predicted octanol–water partition coefficient (Wildman–Crippen LogP) is 3.84. The highest BCUT2D eigenvalue weighted by molar-refractivity contribution is 6.89. The van der Waals surface area contributed by atoms with Crippen molar-refractivity contribution in [2.45, 2.75) is 58.3 Å². The van der Waals surface area contributed by atoms with Crippen molar-refractivity contribution in [3.63, 3.8) is 0 Å².